The Morgan fingerprint density at radius 1 is 0.742 bits per heavy atom. The molecule has 0 radical (unpaired) electrons. The van der Waals surface area contributed by atoms with Crippen LogP contribution >= 0.6 is 0 Å². The Morgan fingerprint density at radius 2 is 1.42 bits per heavy atom. The zero-order chi connectivity index (χ0) is 21.7. The molecule has 3 rings (SSSR count). The van der Waals surface area contributed by atoms with Crippen LogP contribution in [0.15, 0.2) is 42.6 Å². The molecule has 1 aliphatic rings. The molecule has 0 spiro atoms. The maximum atomic E-state index is 5.90. The van der Waals surface area contributed by atoms with Crippen LogP contribution in [0.2, 0.25) is 0 Å². The van der Waals surface area contributed by atoms with Gasteiger partial charge in [0.15, 0.2) is 0 Å². The van der Waals surface area contributed by atoms with Crippen LogP contribution in [0.25, 0.3) is 11.1 Å². The standard InChI is InChI=1S/C29H43NO/c1-3-5-7-8-10-22-31-28-19-16-25(17-20-28)27-18-21-29(30-23-27)26-14-12-24(13-15-26)11-9-6-4-2/h16-21,23-24,26H,3-15,22H2,1-2H3. The number of pyridine rings is 1. The Kier molecular flexibility index (Phi) is 10.4. The van der Waals surface area contributed by atoms with E-state index < -0.39 is 0 Å². The third kappa shape index (κ3) is 7.98. The molecule has 0 aliphatic heterocycles. The fourth-order valence-corrected chi connectivity index (χ4v) is 4.89. The predicted octanol–water partition coefficient (Wildman–Crippen LogP) is 8.95. The van der Waals surface area contributed by atoms with Crippen molar-refractivity contribution >= 4 is 0 Å². The quantitative estimate of drug-likeness (QED) is 0.301. The van der Waals surface area contributed by atoms with Gasteiger partial charge >= 0.3 is 0 Å². The van der Waals surface area contributed by atoms with Crippen LogP contribution in [0.3, 0.4) is 0 Å². The molecular weight excluding hydrogens is 378 g/mol. The summed E-state index contributed by atoms with van der Waals surface area (Å²) in [6, 6.07) is 13.0. The number of hydrogen-bond acceptors (Lipinski definition) is 2. The highest BCUT2D eigenvalue weighted by Gasteiger charge is 2.22. The third-order valence-electron chi connectivity index (χ3n) is 6.97. The number of hydrogen-bond donors (Lipinski definition) is 0. The van der Waals surface area contributed by atoms with Crippen LogP contribution < -0.4 is 4.74 Å². The second kappa shape index (κ2) is 13.6. The molecule has 1 aliphatic carbocycles. The zero-order valence-corrected chi connectivity index (χ0v) is 20.0. The SMILES string of the molecule is CCCCCCCOc1ccc(-c2ccc(C3CCC(CCCCC)CC3)nc2)cc1. The molecule has 1 aromatic heterocycles. The molecule has 170 valence electrons. The van der Waals surface area contributed by atoms with E-state index >= 15 is 0 Å². The Hall–Kier alpha value is -1.83. The molecule has 1 aromatic carbocycles. The Morgan fingerprint density at radius 3 is 2.10 bits per heavy atom. The van der Waals surface area contributed by atoms with E-state index in [0.29, 0.717) is 5.92 Å². The number of nitrogens with zero attached hydrogens (tertiary/aromatic N) is 1. The van der Waals surface area contributed by atoms with Gasteiger partial charge in [-0.15, -0.1) is 0 Å². The minimum absolute atomic E-state index is 0.657. The van der Waals surface area contributed by atoms with Crippen LogP contribution in [-0.4, -0.2) is 11.6 Å². The first-order chi connectivity index (χ1) is 15.3. The molecule has 2 heteroatoms. The second-order valence-electron chi connectivity index (χ2n) is 9.47. The molecule has 31 heavy (non-hydrogen) atoms. The van der Waals surface area contributed by atoms with Crippen LogP contribution in [0.1, 0.15) is 109 Å². The van der Waals surface area contributed by atoms with E-state index in [1.807, 2.05) is 0 Å². The van der Waals surface area contributed by atoms with Crippen molar-refractivity contribution in [3.05, 3.63) is 48.3 Å². The molecule has 0 unspecified atom stereocenters. The van der Waals surface area contributed by atoms with Gasteiger partial charge in [0.1, 0.15) is 5.75 Å². The monoisotopic (exact) mass is 421 g/mol. The largest absolute Gasteiger partial charge is 0.494 e. The van der Waals surface area contributed by atoms with E-state index in [-0.39, 0.29) is 0 Å². The van der Waals surface area contributed by atoms with E-state index in [2.05, 4.69) is 56.4 Å². The van der Waals surface area contributed by atoms with Crippen molar-refractivity contribution in [3.8, 4) is 16.9 Å². The number of aromatic nitrogens is 1. The molecule has 1 heterocycles. The van der Waals surface area contributed by atoms with Gasteiger partial charge in [-0.1, -0.05) is 83.4 Å². The Labute approximate surface area is 190 Å². The van der Waals surface area contributed by atoms with E-state index in [4.69, 9.17) is 9.72 Å². The summed E-state index contributed by atoms with van der Waals surface area (Å²) in [6.07, 6.45) is 19.4. The van der Waals surface area contributed by atoms with E-state index in [1.165, 1.54) is 93.9 Å². The normalized spacial score (nSPS) is 18.8. The van der Waals surface area contributed by atoms with Gasteiger partial charge in [-0.25, -0.2) is 0 Å². The van der Waals surface area contributed by atoms with Crippen molar-refractivity contribution in [2.24, 2.45) is 5.92 Å². The predicted molar refractivity (Wildman–Crippen MR) is 133 cm³/mol. The minimum atomic E-state index is 0.657. The number of benzene rings is 1. The number of rotatable bonds is 13. The number of ether oxygens (including phenoxy) is 1. The smallest absolute Gasteiger partial charge is 0.119 e. The van der Waals surface area contributed by atoms with Crippen molar-refractivity contribution in [1.82, 2.24) is 4.98 Å². The van der Waals surface area contributed by atoms with Gasteiger partial charge in [0.2, 0.25) is 0 Å². The van der Waals surface area contributed by atoms with E-state index in [0.717, 1.165) is 24.7 Å². The fourth-order valence-electron chi connectivity index (χ4n) is 4.89. The summed E-state index contributed by atoms with van der Waals surface area (Å²) in [4.78, 5) is 4.86. The lowest BCUT2D eigenvalue weighted by Crippen LogP contribution is -2.14. The van der Waals surface area contributed by atoms with Gasteiger partial charge in [-0.3, -0.25) is 4.98 Å². The maximum Gasteiger partial charge on any atom is 0.119 e. The third-order valence-corrected chi connectivity index (χ3v) is 6.97. The summed E-state index contributed by atoms with van der Waals surface area (Å²) in [5.41, 5.74) is 3.70. The lowest BCUT2D eigenvalue weighted by molar-refractivity contribution is 0.300. The molecule has 0 amide bonds. The molecule has 2 nitrogen and oxygen atoms in total. The highest BCUT2D eigenvalue weighted by atomic mass is 16.5. The highest BCUT2D eigenvalue weighted by Crippen LogP contribution is 2.37. The summed E-state index contributed by atoms with van der Waals surface area (Å²) >= 11 is 0. The van der Waals surface area contributed by atoms with Crippen molar-refractivity contribution in [2.75, 3.05) is 6.61 Å². The van der Waals surface area contributed by atoms with Crippen molar-refractivity contribution in [1.29, 1.82) is 0 Å². The molecule has 2 aromatic rings. The summed E-state index contributed by atoms with van der Waals surface area (Å²) in [6.45, 7) is 5.37. The molecule has 1 fully saturated rings. The summed E-state index contributed by atoms with van der Waals surface area (Å²) in [5, 5.41) is 0. The van der Waals surface area contributed by atoms with E-state index in [9.17, 15) is 0 Å². The Bertz CT molecular complexity index is 713. The fraction of sp³-hybridized carbons (Fsp3) is 0.621. The van der Waals surface area contributed by atoms with Crippen molar-refractivity contribution in [3.63, 3.8) is 0 Å². The molecule has 1 saturated carbocycles. The van der Waals surface area contributed by atoms with Gasteiger partial charge in [-0.2, -0.15) is 0 Å². The van der Waals surface area contributed by atoms with Crippen molar-refractivity contribution in [2.45, 2.75) is 103 Å². The van der Waals surface area contributed by atoms with Gasteiger partial charge < -0.3 is 4.74 Å². The van der Waals surface area contributed by atoms with Crippen molar-refractivity contribution < 1.29 is 4.74 Å². The average Bonchev–Trinajstić information content (AvgIpc) is 2.82. The van der Waals surface area contributed by atoms with Crippen LogP contribution in [0.5, 0.6) is 5.75 Å². The Balaban J connectivity index is 1.43. The molecule has 0 saturated heterocycles. The first kappa shape index (κ1) is 23.8. The molecule has 0 N–H and O–H groups in total. The minimum Gasteiger partial charge on any atom is -0.494 e. The summed E-state index contributed by atoms with van der Waals surface area (Å²) < 4.78 is 5.90. The zero-order valence-electron chi connectivity index (χ0n) is 20.0. The molecule has 0 atom stereocenters. The molecule has 0 bridgehead atoms. The van der Waals surface area contributed by atoms with Gasteiger partial charge in [0, 0.05) is 23.4 Å². The summed E-state index contributed by atoms with van der Waals surface area (Å²) in [7, 11) is 0. The lowest BCUT2D eigenvalue weighted by atomic mass is 9.78. The first-order valence-corrected chi connectivity index (χ1v) is 13.0. The number of unbranched alkanes of at least 4 members (excludes halogenated alkanes) is 6. The van der Waals surface area contributed by atoms with Crippen LogP contribution in [0, 0.1) is 5.92 Å². The van der Waals surface area contributed by atoms with Crippen LogP contribution in [0.4, 0.5) is 0 Å². The van der Waals surface area contributed by atoms with Gasteiger partial charge in [0.25, 0.3) is 0 Å². The first-order valence-electron chi connectivity index (χ1n) is 13.0. The molecular formula is C29H43NO. The van der Waals surface area contributed by atoms with Crippen LogP contribution in [-0.2, 0) is 0 Å². The second-order valence-corrected chi connectivity index (χ2v) is 9.47. The average molecular weight is 422 g/mol. The van der Waals surface area contributed by atoms with E-state index in [1.54, 1.807) is 0 Å². The maximum absolute atomic E-state index is 5.90. The lowest BCUT2D eigenvalue weighted by Gasteiger charge is -2.28. The highest BCUT2D eigenvalue weighted by molar-refractivity contribution is 5.63. The summed E-state index contributed by atoms with van der Waals surface area (Å²) in [5.74, 6) is 2.59. The topological polar surface area (TPSA) is 22.1 Å². The van der Waals surface area contributed by atoms with Gasteiger partial charge in [0.05, 0.1) is 6.61 Å². The van der Waals surface area contributed by atoms with Gasteiger partial charge in [-0.05, 0) is 61.8 Å².